The lowest BCUT2D eigenvalue weighted by molar-refractivity contribution is -0.125. The van der Waals surface area contributed by atoms with E-state index in [0.29, 0.717) is 13.1 Å². The Morgan fingerprint density at radius 1 is 1.29 bits per heavy atom. The lowest BCUT2D eigenvalue weighted by Crippen LogP contribution is -2.31. The molecule has 5 nitrogen and oxygen atoms in total. The molecule has 17 heavy (non-hydrogen) atoms. The summed E-state index contributed by atoms with van der Waals surface area (Å²) in [5.41, 5.74) is 10.4. The number of rotatable bonds is 9. The van der Waals surface area contributed by atoms with Gasteiger partial charge in [0.25, 0.3) is 0 Å². The van der Waals surface area contributed by atoms with Crippen LogP contribution in [0.3, 0.4) is 0 Å². The molecule has 0 aliphatic heterocycles. The Morgan fingerprint density at radius 3 is 2.53 bits per heavy atom. The fraction of sp³-hybridized carbons (Fsp3) is 0.833. The molecule has 1 unspecified atom stereocenters. The van der Waals surface area contributed by atoms with Gasteiger partial charge in [-0.1, -0.05) is 20.3 Å². The summed E-state index contributed by atoms with van der Waals surface area (Å²) in [5, 5.41) is 2.96. The van der Waals surface area contributed by atoms with E-state index in [-0.39, 0.29) is 17.8 Å². The number of nitrogens with two attached hydrogens (primary N) is 2. The first-order valence-corrected chi connectivity index (χ1v) is 6.44. The van der Waals surface area contributed by atoms with Gasteiger partial charge in [0.15, 0.2) is 5.96 Å². The summed E-state index contributed by atoms with van der Waals surface area (Å²) in [6.45, 7) is 5.49. The van der Waals surface area contributed by atoms with Gasteiger partial charge in [-0.2, -0.15) is 0 Å². The fourth-order valence-electron chi connectivity index (χ4n) is 1.67. The van der Waals surface area contributed by atoms with Gasteiger partial charge >= 0.3 is 0 Å². The summed E-state index contributed by atoms with van der Waals surface area (Å²) in [6, 6.07) is 0. The second-order valence-electron chi connectivity index (χ2n) is 4.20. The Bertz CT molecular complexity index is 237. The van der Waals surface area contributed by atoms with E-state index in [4.69, 9.17) is 11.5 Å². The molecule has 5 heteroatoms. The van der Waals surface area contributed by atoms with Crippen LogP contribution in [-0.2, 0) is 4.79 Å². The van der Waals surface area contributed by atoms with Crippen molar-refractivity contribution in [3.05, 3.63) is 0 Å². The Hall–Kier alpha value is -1.26. The third-order valence-corrected chi connectivity index (χ3v) is 2.68. The second-order valence-corrected chi connectivity index (χ2v) is 4.20. The van der Waals surface area contributed by atoms with Crippen molar-refractivity contribution in [1.29, 1.82) is 0 Å². The average molecular weight is 242 g/mol. The van der Waals surface area contributed by atoms with E-state index in [1.807, 2.05) is 0 Å². The van der Waals surface area contributed by atoms with Crippen molar-refractivity contribution < 1.29 is 4.79 Å². The van der Waals surface area contributed by atoms with Crippen LogP contribution in [0.1, 0.15) is 46.0 Å². The maximum absolute atomic E-state index is 11.7. The summed E-state index contributed by atoms with van der Waals surface area (Å²) in [6.07, 6.45) is 4.73. The molecule has 0 spiro atoms. The summed E-state index contributed by atoms with van der Waals surface area (Å²) in [5.74, 6) is 0.469. The maximum Gasteiger partial charge on any atom is 0.223 e. The first kappa shape index (κ1) is 15.7. The molecule has 0 saturated heterocycles. The average Bonchev–Trinajstić information content (AvgIpc) is 2.29. The van der Waals surface area contributed by atoms with Gasteiger partial charge in [-0.05, 0) is 25.7 Å². The molecule has 0 fully saturated rings. The van der Waals surface area contributed by atoms with E-state index < -0.39 is 0 Å². The Kier molecular flexibility index (Phi) is 9.19. The van der Waals surface area contributed by atoms with Crippen molar-refractivity contribution in [2.75, 3.05) is 13.1 Å². The molecule has 0 aromatic heterocycles. The third kappa shape index (κ3) is 8.54. The van der Waals surface area contributed by atoms with Crippen molar-refractivity contribution in [3.8, 4) is 0 Å². The van der Waals surface area contributed by atoms with Gasteiger partial charge in [-0.3, -0.25) is 9.79 Å². The van der Waals surface area contributed by atoms with Crippen molar-refractivity contribution in [2.24, 2.45) is 22.4 Å². The molecular formula is C12H26N4O. The smallest absolute Gasteiger partial charge is 0.223 e. The topological polar surface area (TPSA) is 93.5 Å². The summed E-state index contributed by atoms with van der Waals surface area (Å²) < 4.78 is 0. The number of amides is 1. The molecule has 0 aliphatic carbocycles. The van der Waals surface area contributed by atoms with Gasteiger partial charge in [0.1, 0.15) is 0 Å². The van der Waals surface area contributed by atoms with Crippen LogP contribution in [0.5, 0.6) is 0 Å². The molecule has 0 saturated carbocycles. The van der Waals surface area contributed by atoms with E-state index in [9.17, 15) is 4.79 Å². The van der Waals surface area contributed by atoms with Crippen molar-refractivity contribution in [2.45, 2.75) is 46.0 Å². The molecule has 0 heterocycles. The first-order chi connectivity index (χ1) is 8.11. The molecule has 0 radical (unpaired) electrons. The zero-order valence-electron chi connectivity index (χ0n) is 11.0. The van der Waals surface area contributed by atoms with E-state index in [1.165, 1.54) is 0 Å². The monoisotopic (exact) mass is 242 g/mol. The van der Waals surface area contributed by atoms with Crippen molar-refractivity contribution in [3.63, 3.8) is 0 Å². The van der Waals surface area contributed by atoms with Gasteiger partial charge in [0.2, 0.25) is 5.91 Å². The molecule has 0 aromatic carbocycles. The largest absolute Gasteiger partial charge is 0.370 e. The van der Waals surface area contributed by atoms with E-state index in [0.717, 1.165) is 32.1 Å². The van der Waals surface area contributed by atoms with Crippen LogP contribution in [0.2, 0.25) is 0 Å². The number of hydrogen-bond donors (Lipinski definition) is 3. The molecule has 0 aromatic rings. The first-order valence-electron chi connectivity index (χ1n) is 6.44. The predicted octanol–water partition coefficient (Wildman–Crippen LogP) is 0.983. The van der Waals surface area contributed by atoms with Gasteiger partial charge in [0.05, 0.1) is 0 Å². The Morgan fingerprint density at radius 2 is 2.00 bits per heavy atom. The SMILES string of the molecule is CCCC(CC)C(=O)NCCCCN=C(N)N. The number of nitrogens with one attached hydrogen (secondary N) is 1. The summed E-state index contributed by atoms with van der Waals surface area (Å²) in [4.78, 5) is 15.6. The molecule has 1 amide bonds. The minimum absolute atomic E-state index is 0.128. The minimum Gasteiger partial charge on any atom is -0.370 e. The quantitative estimate of drug-likeness (QED) is 0.319. The lowest BCUT2D eigenvalue weighted by atomic mass is 10.00. The van der Waals surface area contributed by atoms with Gasteiger partial charge in [-0.25, -0.2) is 0 Å². The van der Waals surface area contributed by atoms with Crippen LogP contribution in [-0.4, -0.2) is 25.0 Å². The zero-order valence-corrected chi connectivity index (χ0v) is 11.0. The van der Waals surface area contributed by atoms with Crippen LogP contribution >= 0.6 is 0 Å². The number of hydrogen-bond acceptors (Lipinski definition) is 2. The summed E-state index contributed by atoms with van der Waals surface area (Å²) in [7, 11) is 0. The van der Waals surface area contributed by atoms with E-state index >= 15 is 0 Å². The number of nitrogens with zero attached hydrogens (tertiary/aromatic N) is 1. The Labute approximate surface area is 104 Å². The standard InChI is InChI=1S/C12H26N4O/c1-3-7-10(4-2)11(17)15-8-5-6-9-16-12(13)14/h10H,3-9H2,1-2H3,(H,15,17)(H4,13,14,16). The third-order valence-electron chi connectivity index (χ3n) is 2.68. The predicted molar refractivity (Wildman–Crippen MR) is 71.6 cm³/mol. The highest BCUT2D eigenvalue weighted by Crippen LogP contribution is 2.10. The number of carbonyl (C=O) groups is 1. The van der Waals surface area contributed by atoms with Gasteiger partial charge in [0, 0.05) is 19.0 Å². The van der Waals surface area contributed by atoms with Gasteiger partial charge in [-0.15, -0.1) is 0 Å². The van der Waals surface area contributed by atoms with Crippen LogP contribution in [0.4, 0.5) is 0 Å². The van der Waals surface area contributed by atoms with Crippen LogP contribution in [0, 0.1) is 5.92 Å². The number of unbranched alkanes of at least 4 members (excludes halogenated alkanes) is 1. The van der Waals surface area contributed by atoms with Crippen molar-refractivity contribution >= 4 is 11.9 Å². The highest BCUT2D eigenvalue weighted by atomic mass is 16.1. The normalized spacial score (nSPS) is 11.9. The van der Waals surface area contributed by atoms with Crippen LogP contribution in [0.15, 0.2) is 4.99 Å². The number of aliphatic imine (C=N–C) groups is 1. The fourth-order valence-corrected chi connectivity index (χ4v) is 1.67. The number of carbonyl (C=O) groups excluding carboxylic acids is 1. The Balaban J connectivity index is 3.59. The second kappa shape index (κ2) is 9.93. The molecular weight excluding hydrogens is 216 g/mol. The highest BCUT2D eigenvalue weighted by molar-refractivity contribution is 5.78. The van der Waals surface area contributed by atoms with Gasteiger partial charge < -0.3 is 16.8 Å². The molecule has 5 N–H and O–H groups in total. The minimum atomic E-state index is 0.128. The zero-order chi connectivity index (χ0) is 13.1. The van der Waals surface area contributed by atoms with Crippen LogP contribution < -0.4 is 16.8 Å². The maximum atomic E-state index is 11.7. The van der Waals surface area contributed by atoms with E-state index in [1.54, 1.807) is 0 Å². The highest BCUT2D eigenvalue weighted by Gasteiger charge is 2.13. The lowest BCUT2D eigenvalue weighted by Gasteiger charge is -2.13. The van der Waals surface area contributed by atoms with Crippen molar-refractivity contribution in [1.82, 2.24) is 5.32 Å². The summed E-state index contributed by atoms with van der Waals surface area (Å²) >= 11 is 0. The molecule has 0 rings (SSSR count). The molecule has 0 aliphatic rings. The van der Waals surface area contributed by atoms with E-state index in [2.05, 4.69) is 24.2 Å². The molecule has 0 bridgehead atoms. The molecule has 100 valence electrons. The molecule has 1 atom stereocenters. The number of guanidine groups is 1. The van der Waals surface area contributed by atoms with Crippen LogP contribution in [0.25, 0.3) is 0 Å².